The highest BCUT2D eigenvalue weighted by Crippen LogP contribution is 1.87. The van der Waals surface area contributed by atoms with Gasteiger partial charge in [0.15, 0.2) is 19.7 Å². The zero-order chi connectivity index (χ0) is 11.8. The number of rotatable bonds is 4. The van der Waals surface area contributed by atoms with E-state index in [0.29, 0.717) is 0 Å². The minimum absolute atomic E-state index is 0.149. The second-order valence-electron chi connectivity index (χ2n) is 2.04. The van der Waals surface area contributed by atoms with Crippen LogP contribution in [0.4, 0.5) is 0 Å². The van der Waals surface area contributed by atoms with Crippen molar-refractivity contribution in [3.8, 4) is 0 Å². The van der Waals surface area contributed by atoms with Gasteiger partial charge in [0.1, 0.15) is 0 Å². The van der Waals surface area contributed by atoms with Crippen LogP contribution in [0.5, 0.6) is 0 Å². The van der Waals surface area contributed by atoms with Crippen LogP contribution in [0, 0.1) is 0 Å². The Morgan fingerprint density at radius 1 is 0.929 bits per heavy atom. The molecule has 0 unspecified atom stereocenters. The third-order valence-electron chi connectivity index (χ3n) is 1.12. The molecule has 0 aromatic rings. The molecule has 0 heterocycles. The van der Waals surface area contributed by atoms with Crippen LogP contribution in [0.3, 0.4) is 0 Å². The predicted octanol–water partition coefficient (Wildman–Crippen LogP) is 1.25. The van der Waals surface area contributed by atoms with Crippen molar-refractivity contribution in [2.45, 2.75) is 6.92 Å². The topological polar surface area (TPSA) is 68.3 Å². The van der Waals surface area contributed by atoms with E-state index >= 15 is 0 Å². The summed E-state index contributed by atoms with van der Waals surface area (Å²) < 4.78 is 40.8. The van der Waals surface area contributed by atoms with Crippen molar-refractivity contribution in [2.75, 3.05) is 5.75 Å². The van der Waals surface area contributed by atoms with Crippen molar-refractivity contribution in [1.82, 2.24) is 0 Å². The van der Waals surface area contributed by atoms with Crippen molar-refractivity contribution in [1.29, 1.82) is 0 Å². The van der Waals surface area contributed by atoms with Gasteiger partial charge in [-0.15, -0.1) is 0 Å². The van der Waals surface area contributed by atoms with Crippen molar-refractivity contribution < 1.29 is 16.8 Å². The Balaban J connectivity index is 0. The average Bonchev–Trinajstić information content (AvgIpc) is 2.19. The molecule has 0 aliphatic heterocycles. The first-order chi connectivity index (χ1) is 6.24. The highest BCUT2D eigenvalue weighted by atomic mass is 32.2. The maximum Gasteiger partial charge on any atom is 0.191 e. The Morgan fingerprint density at radius 2 is 1.29 bits per heavy atom. The lowest BCUT2D eigenvalue weighted by atomic mass is 11.0. The Morgan fingerprint density at radius 3 is 1.29 bits per heavy atom. The summed E-state index contributed by atoms with van der Waals surface area (Å²) in [6.45, 7) is 10.8. The molecule has 0 aliphatic rings. The normalized spacial score (nSPS) is 10.6. The molecule has 0 saturated heterocycles. The molecule has 0 rings (SSSR count). The number of hydrogen-bond donors (Lipinski definition) is 0. The summed E-state index contributed by atoms with van der Waals surface area (Å²) in [6, 6.07) is 0. The lowest BCUT2D eigenvalue weighted by molar-refractivity contribution is 0.605. The Hall–Kier alpha value is -0.880. The molecule has 0 bridgehead atoms. The van der Waals surface area contributed by atoms with Crippen LogP contribution >= 0.6 is 0 Å². The molecule has 0 saturated carbocycles. The molecule has 0 aliphatic carbocycles. The molecule has 0 aromatic heterocycles. The Labute approximate surface area is 85.5 Å². The second-order valence-corrected chi connectivity index (χ2v) is 6.12. The van der Waals surface area contributed by atoms with Gasteiger partial charge in [0, 0.05) is 16.2 Å². The van der Waals surface area contributed by atoms with Gasteiger partial charge in [-0.1, -0.05) is 26.7 Å². The van der Waals surface area contributed by atoms with E-state index in [1.54, 1.807) is 6.92 Å². The average molecular weight is 238 g/mol. The molecule has 6 heteroatoms. The Kier molecular flexibility index (Phi) is 7.30. The SMILES string of the molecule is C=CS(=O)(=O)C=C.C=CS(=O)(=O)CC. The van der Waals surface area contributed by atoms with Crippen LogP contribution < -0.4 is 0 Å². The molecule has 0 spiro atoms. The van der Waals surface area contributed by atoms with Gasteiger partial charge in [-0.2, -0.15) is 0 Å². The maximum atomic E-state index is 10.2. The predicted molar refractivity (Wildman–Crippen MR) is 59.0 cm³/mol. The minimum atomic E-state index is -3.13. The molecule has 0 aromatic carbocycles. The molecule has 0 amide bonds. The van der Waals surface area contributed by atoms with Gasteiger partial charge < -0.3 is 0 Å². The van der Waals surface area contributed by atoms with Gasteiger partial charge in [-0.3, -0.25) is 0 Å². The summed E-state index contributed by atoms with van der Waals surface area (Å²) >= 11 is 0. The summed E-state index contributed by atoms with van der Waals surface area (Å²) in [7, 11) is -6.02. The Bertz CT molecular complexity index is 373. The zero-order valence-corrected chi connectivity index (χ0v) is 9.64. The van der Waals surface area contributed by atoms with Crippen molar-refractivity contribution in [3.05, 3.63) is 36.0 Å². The summed E-state index contributed by atoms with van der Waals surface area (Å²) in [5.74, 6) is 0.149. The first-order valence-corrected chi connectivity index (χ1v) is 6.92. The molecule has 0 atom stereocenters. The second kappa shape index (κ2) is 6.56. The minimum Gasteiger partial charge on any atom is -0.224 e. The summed E-state index contributed by atoms with van der Waals surface area (Å²) in [4.78, 5) is 0. The summed E-state index contributed by atoms with van der Waals surface area (Å²) in [5, 5.41) is 2.66. The third-order valence-corrected chi connectivity index (χ3v) is 3.36. The fraction of sp³-hybridized carbons (Fsp3) is 0.250. The number of sulfone groups is 2. The summed E-state index contributed by atoms with van der Waals surface area (Å²) in [6.07, 6.45) is 0. The maximum absolute atomic E-state index is 10.2. The van der Waals surface area contributed by atoms with Crippen LogP contribution in [0.15, 0.2) is 36.0 Å². The molecule has 82 valence electrons. The first kappa shape index (κ1) is 15.6. The monoisotopic (exact) mass is 238 g/mol. The molecular formula is C8H14O4S2. The van der Waals surface area contributed by atoms with Gasteiger partial charge in [-0.05, 0) is 0 Å². The van der Waals surface area contributed by atoms with Gasteiger partial charge in [0.2, 0.25) is 0 Å². The third kappa shape index (κ3) is 9.21. The number of hydrogen-bond acceptors (Lipinski definition) is 4. The lowest BCUT2D eigenvalue weighted by Gasteiger charge is -1.84. The molecule has 14 heavy (non-hydrogen) atoms. The molecule has 0 radical (unpaired) electrons. The van der Waals surface area contributed by atoms with Gasteiger partial charge in [0.05, 0.1) is 5.75 Å². The van der Waals surface area contributed by atoms with E-state index in [-0.39, 0.29) is 5.75 Å². The van der Waals surface area contributed by atoms with E-state index < -0.39 is 19.7 Å². The van der Waals surface area contributed by atoms with Crippen LogP contribution in [-0.4, -0.2) is 22.6 Å². The van der Waals surface area contributed by atoms with Gasteiger partial charge in [0.25, 0.3) is 0 Å². The van der Waals surface area contributed by atoms with Crippen molar-refractivity contribution in [2.24, 2.45) is 0 Å². The molecule has 0 fully saturated rings. The van der Waals surface area contributed by atoms with E-state index in [4.69, 9.17) is 0 Å². The van der Waals surface area contributed by atoms with Gasteiger partial charge >= 0.3 is 0 Å². The molecule has 4 nitrogen and oxygen atoms in total. The summed E-state index contributed by atoms with van der Waals surface area (Å²) in [5.41, 5.74) is 0. The zero-order valence-electron chi connectivity index (χ0n) is 8.01. The van der Waals surface area contributed by atoms with Crippen LogP contribution in [0.2, 0.25) is 0 Å². The van der Waals surface area contributed by atoms with E-state index in [1.165, 1.54) is 0 Å². The smallest absolute Gasteiger partial charge is 0.191 e. The first-order valence-electron chi connectivity index (χ1n) is 3.59. The van der Waals surface area contributed by atoms with E-state index in [0.717, 1.165) is 16.2 Å². The largest absolute Gasteiger partial charge is 0.224 e. The van der Waals surface area contributed by atoms with Crippen LogP contribution in [-0.2, 0) is 19.7 Å². The van der Waals surface area contributed by atoms with Gasteiger partial charge in [-0.25, -0.2) is 16.8 Å². The highest BCUT2D eigenvalue weighted by Gasteiger charge is 1.95. The standard InChI is InChI=1S/C4H8O2S.C4H6O2S/c2*1-3-7(5,6)4-2/h3H,1,4H2,2H3;3-4H,1-2H2. The van der Waals surface area contributed by atoms with E-state index in [2.05, 4.69) is 19.7 Å². The molecular weight excluding hydrogens is 224 g/mol. The van der Waals surface area contributed by atoms with E-state index in [1.807, 2.05) is 0 Å². The van der Waals surface area contributed by atoms with Crippen LogP contribution in [0.1, 0.15) is 6.92 Å². The fourth-order valence-electron chi connectivity index (χ4n) is 0.186. The van der Waals surface area contributed by atoms with Crippen LogP contribution in [0.25, 0.3) is 0 Å². The quantitative estimate of drug-likeness (QED) is 0.739. The fourth-order valence-corrected chi connectivity index (χ4v) is 0.558. The van der Waals surface area contributed by atoms with Crippen molar-refractivity contribution >= 4 is 19.7 Å². The van der Waals surface area contributed by atoms with Crippen molar-refractivity contribution in [3.63, 3.8) is 0 Å². The lowest BCUT2D eigenvalue weighted by Crippen LogP contribution is -1.95. The molecule has 0 N–H and O–H groups in total. The van der Waals surface area contributed by atoms with E-state index in [9.17, 15) is 16.8 Å². The highest BCUT2D eigenvalue weighted by molar-refractivity contribution is 7.97.